The van der Waals surface area contributed by atoms with E-state index < -0.39 is 0 Å². The summed E-state index contributed by atoms with van der Waals surface area (Å²) in [6.07, 6.45) is 0. The summed E-state index contributed by atoms with van der Waals surface area (Å²) >= 11 is 3.25. The van der Waals surface area contributed by atoms with E-state index in [1.54, 1.807) is 6.07 Å². The van der Waals surface area contributed by atoms with Gasteiger partial charge in [-0.2, -0.15) is 5.10 Å². The summed E-state index contributed by atoms with van der Waals surface area (Å²) in [6.45, 7) is 0.297. The van der Waals surface area contributed by atoms with Gasteiger partial charge in [0, 0.05) is 10.0 Å². The van der Waals surface area contributed by atoms with Gasteiger partial charge >= 0.3 is 0 Å². The number of halogens is 2. The third kappa shape index (κ3) is 2.05. The Kier molecular flexibility index (Phi) is 2.79. The van der Waals surface area contributed by atoms with Gasteiger partial charge in [-0.1, -0.05) is 0 Å². The van der Waals surface area contributed by atoms with Gasteiger partial charge in [0.1, 0.15) is 11.6 Å². The lowest BCUT2D eigenvalue weighted by Gasteiger charge is -1.98. The molecule has 0 saturated carbocycles. The number of nitrogens with two attached hydrogens (primary N) is 1. The van der Waals surface area contributed by atoms with E-state index in [2.05, 4.69) is 31.1 Å². The van der Waals surface area contributed by atoms with Gasteiger partial charge in [-0.15, -0.1) is 0 Å². The zero-order chi connectivity index (χ0) is 10.8. The van der Waals surface area contributed by atoms with E-state index in [1.165, 1.54) is 12.1 Å². The van der Waals surface area contributed by atoms with Crippen LogP contribution >= 0.6 is 15.9 Å². The van der Waals surface area contributed by atoms with E-state index in [1.807, 2.05) is 0 Å². The van der Waals surface area contributed by atoms with Crippen LogP contribution in [0.3, 0.4) is 0 Å². The van der Waals surface area contributed by atoms with E-state index >= 15 is 0 Å². The van der Waals surface area contributed by atoms with Crippen LogP contribution in [0.2, 0.25) is 0 Å². The van der Waals surface area contributed by atoms with Crippen LogP contribution in [-0.2, 0) is 6.54 Å². The fourth-order valence-corrected chi connectivity index (χ4v) is 1.71. The van der Waals surface area contributed by atoms with E-state index in [0.29, 0.717) is 22.7 Å². The zero-order valence-corrected chi connectivity index (χ0v) is 9.25. The molecule has 4 nitrogen and oxygen atoms in total. The number of nitrogens with zero attached hydrogens (tertiary/aromatic N) is 2. The maximum Gasteiger partial charge on any atom is 0.182 e. The van der Waals surface area contributed by atoms with Crippen molar-refractivity contribution in [2.75, 3.05) is 0 Å². The maximum absolute atomic E-state index is 12.8. The summed E-state index contributed by atoms with van der Waals surface area (Å²) < 4.78 is 13.5. The van der Waals surface area contributed by atoms with Crippen LogP contribution in [0.15, 0.2) is 22.7 Å². The van der Waals surface area contributed by atoms with Gasteiger partial charge in [0.05, 0.1) is 6.54 Å². The van der Waals surface area contributed by atoms with Crippen LogP contribution < -0.4 is 5.73 Å². The van der Waals surface area contributed by atoms with Crippen molar-refractivity contribution in [1.82, 2.24) is 15.2 Å². The number of hydrogen-bond acceptors (Lipinski definition) is 3. The van der Waals surface area contributed by atoms with Gasteiger partial charge in [-0.05, 0) is 34.1 Å². The third-order valence-electron chi connectivity index (χ3n) is 1.90. The lowest BCUT2D eigenvalue weighted by atomic mass is 10.2. The minimum absolute atomic E-state index is 0.297. The highest BCUT2D eigenvalue weighted by Gasteiger charge is 2.09. The fourth-order valence-electron chi connectivity index (χ4n) is 1.18. The van der Waals surface area contributed by atoms with Gasteiger partial charge in [0.15, 0.2) is 5.82 Å². The molecular weight excluding hydrogens is 263 g/mol. The Hall–Kier alpha value is -1.27. The largest absolute Gasteiger partial charge is 0.324 e. The second-order valence-electron chi connectivity index (χ2n) is 2.93. The Morgan fingerprint density at radius 1 is 1.47 bits per heavy atom. The number of rotatable bonds is 2. The van der Waals surface area contributed by atoms with E-state index in [-0.39, 0.29) is 5.82 Å². The molecule has 0 aliphatic heterocycles. The molecule has 0 atom stereocenters. The highest BCUT2D eigenvalue weighted by atomic mass is 79.9. The Labute approximate surface area is 93.8 Å². The molecule has 6 heteroatoms. The molecule has 0 fully saturated rings. The van der Waals surface area contributed by atoms with Crippen LogP contribution in [0, 0.1) is 5.82 Å². The molecule has 1 aromatic carbocycles. The van der Waals surface area contributed by atoms with Gasteiger partial charge in [0.2, 0.25) is 0 Å². The van der Waals surface area contributed by atoms with Crippen LogP contribution in [0.4, 0.5) is 4.39 Å². The number of aromatic amines is 1. The fraction of sp³-hybridized carbons (Fsp3) is 0.111. The molecule has 0 unspecified atom stereocenters. The van der Waals surface area contributed by atoms with Gasteiger partial charge in [-0.3, -0.25) is 5.10 Å². The van der Waals surface area contributed by atoms with Crippen LogP contribution in [-0.4, -0.2) is 15.2 Å². The molecule has 1 heterocycles. The van der Waals surface area contributed by atoms with Crippen molar-refractivity contribution in [2.45, 2.75) is 6.54 Å². The molecule has 1 aromatic heterocycles. The number of H-pyrrole nitrogens is 1. The average Bonchev–Trinajstić information content (AvgIpc) is 2.66. The lowest BCUT2D eigenvalue weighted by molar-refractivity contribution is 0.627. The molecule has 0 aliphatic rings. The number of nitrogens with one attached hydrogen (secondary N) is 1. The van der Waals surface area contributed by atoms with Crippen molar-refractivity contribution in [2.24, 2.45) is 5.73 Å². The summed E-state index contributed by atoms with van der Waals surface area (Å²) in [5, 5.41) is 6.67. The zero-order valence-electron chi connectivity index (χ0n) is 7.67. The van der Waals surface area contributed by atoms with E-state index in [9.17, 15) is 4.39 Å². The van der Waals surface area contributed by atoms with Crippen molar-refractivity contribution in [3.63, 3.8) is 0 Å². The molecule has 0 amide bonds. The predicted octanol–water partition coefficient (Wildman–Crippen LogP) is 1.83. The first-order valence-corrected chi connectivity index (χ1v) is 5.07. The number of aromatic nitrogens is 3. The number of benzene rings is 1. The Morgan fingerprint density at radius 2 is 2.27 bits per heavy atom. The maximum atomic E-state index is 12.8. The van der Waals surface area contributed by atoms with E-state index in [4.69, 9.17) is 5.73 Å². The minimum atomic E-state index is -0.305. The van der Waals surface area contributed by atoms with Gasteiger partial charge < -0.3 is 5.73 Å². The lowest BCUT2D eigenvalue weighted by Crippen LogP contribution is -1.97. The Morgan fingerprint density at radius 3 is 2.87 bits per heavy atom. The quantitative estimate of drug-likeness (QED) is 0.875. The molecule has 78 valence electrons. The Balaban J connectivity index is 2.44. The first-order valence-electron chi connectivity index (χ1n) is 4.27. The normalized spacial score (nSPS) is 10.6. The SMILES string of the molecule is NCc1nc(-c2ccc(F)cc2Br)n[nH]1. The van der Waals surface area contributed by atoms with Crippen molar-refractivity contribution < 1.29 is 4.39 Å². The molecular formula is C9H8BrFN4. The van der Waals surface area contributed by atoms with Crippen molar-refractivity contribution in [3.05, 3.63) is 34.3 Å². The van der Waals surface area contributed by atoms with E-state index in [0.717, 1.165) is 5.56 Å². The Bertz CT molecular complexity index is 483. The molecule has 0 saturated heterocycles. The van der Waals surface area contributed by atoms with Crippen molar-refractivity contribution in [1.29, 1.82) is 0 Å². The van der Waals surface area contributed by atoms with Gasteiger partial charge in [-0.25, -0.2) is 9.37 Å². The van der Waals surface area contributed by atoms with Crippen molar-refractivity contribution in [3.8, 4) is 11.4 Å². The minimum Gasteiger partial charge on any atom is -0.324 e. The first kappa shape index (κ1) is 10.3. The predicted molar refractivity (Wildman–Crippen MR) is 57.4 cm³/mol. The highest BCUT2D eigenvalue weighted by molar-refractivity contribution is 9.10. The number of hydrogen-bond donors (Lipinski definition) is 2. The molecule has 0 radical (unpaired) electrons. The first-order chi connectivity index (χ1) is 7.20. The topological polar surface area (TPSA) is 67.6 Å². The molecule has 3 N–H and O–H groups in total. The molecule has 0 bridgehead atoms. The summed E-state index contributed by atoms with van der Waals surface area (Å²) in [7, 11) is 0. The smallest absolute Gasteiger partial charge is 0.182 e. The summed E-state index contributed by atoms with van der Waals surface area (Å²) in [4.78, 5) is 4.15. The molecule has 2 aromatic rings. The molecule has 2 rings (SSSR count). The highest BCUT2D eigenvalue weighted by Crippen LogP contribution is 2.25. The standard InChI is InChI=1S/C9H8BrFN4/c10-7-3-5(11)1-2-6(7)9-13-8(4-12)14-15-9/h1-3H,4,12H2,(H,13,14,15). The third-order valence-corrected chi connectivity index (χ3v) is 2.55. The average molecular weight is 271 g/mol. The summed E-state index contributed by atoms with van der Waals surface area (Å²) in [5.41, 5.74) is 6.13. The second kappa shape index (κ2) is 4.08. The summed E-state index contributed by atoms with van der Waals surface area (Å²) in [5.74, 6) is 0.795. The van der Waals surface area contributed by atoms with Crippen LogP contribution in [0.1, 0.15) is 5.82 Å². The van der Waals surface area contributed by atoms with Crippen LogP contribution in [0.5, 0.6) is 0 Å². The van der Waals surface area contributed by atoms with Crippen molar-refractivity contribution >= 4 is 15.9 Å². The molecule has 0 aliphatic carbocycles. The molecule has 15 heavy (non-hydrogen) atoms. The second-order valence-corrected chi connectivity index (χ2v) is 3.79. The monoisotopic (exact) mass is 270 g/mol. The molecule has 0 spiro atoms. The van der Waals surface area contributed by atoms with Crippen LogP contribution in [0.25, 0.3) is 11.4 Å². The van der Waals surface area contributed by atoms with Gasteiger partial charge in [0.25, 0.3) is 0 Å². The summed E-state index contributed by atoms with van der Waals surface area (Å²) in [6, 6.07) is 4.34.